The van der Waals surface area contributed by atoms with Crippen LogP contribution in [-0.2, 0) is 10.2 Å². The van der Waals surface area contributed by atoms with Gasteiger partial charge in [-0.2, -0.15) is 17.0 Å². The molecule has 0 bridgehead atoms. The lowest BCUT2D eigenvalue weighted by Gasteiger charge is -2.30. The summed E-state index contributed by atoms with van der Waals surface area (Å²) in [4.78, 5) is 3.97. The van der Waals surface area contributed by atoms with E-state index in [1.807, 2.05) is 19.1 Å². The topological polar surface area (TPSA) is 53.5 Å². The minimum Gasteiger partial charge on any atom is -0.265 e. The largest absolute Gasteiger partial charge is 0.282 e. The molecule has 1 aromatic heterocycles. The summed E-state index contributed by atoms with van der Waals surface area (Å²) in [6, 6.07) is 3.53. The highest BCUT2D eigenvalue weighted by Gasteiger charge is 2.30. The monoisotopic (exact) mass is 297 g/mol. The predicted octanol–water partition coefficient (Wildman–Crippen LogP) is 2.20. The first kappa shape index (κ1) is 15.4. The van der Waals surface area contributed by atoms with Crippen LogP contribution in [0.2, 0.25) is 0 Å². The van der Waals surface area contributed by atoms with E-state index < -0.39 is 10.2 Å². The molecule has 6 heteroatoms. The van der Waals surface area contributed by atoms with Gasteiger partial charge in [-0.25, -0.2) is 0 Å². The van der Waals surface area contributed by atoms with Crippen molar-refractivity contribution < 1.29 is 8.42 Å². The Morgan fingerprint density at radius 1 is 1.15 bits per heavy atom. The van der Waals surface area contributed by atoms with Crippen LogP contribution in [-0.4, -0.2) is 42.1 Å². The summed E-state index contributed by atoms with van der Waals surface area (Å²) in [5, 5.41) is 0. The number of hydrogen-bond acceptors (Lipinski definition) is 3. The molecule has 1 atom stereocenters. The Kier molecular flexibility index (Phi) is 5.12. The van der Waals surface area contributed by atoms with Crippen molar-refractivity contribution in [2.24, 2.45) is 0 Å². The molecule has 1 aromatic rings. The smallest absolute Gasteiger partial charge is 0.265 e. The van der Waals surface area contributed by atoms with Gasteiger partial charge in [0.2, 0.25) is 0 Å². The molecule has 0 N–H and O–H groups in total. The third-order valence-corrected chi connectivity index (χ3v) is 6.05. The summed E-state index contributed by atoms with van der Waals surface area (Å²) in [7, 11) is -1.73. The summed E-state index contributed by atoms with van der Waals surface area (Å²) in [6.07, 6.45) is 7.54. The molecule has 0 aromatic carbocycles. The second-order valence-electron chi connectivity index (χ2n) is 5.29. The fourth-order valence-corrected chi connectivity index (χ4v) is 4.11. The highest BCUT2D eigenvalue weighted by Crippen LogP contribution is 2.24. The fourth-order valence-electron chi connectivity index (χ4n) is 2.51. The normalized spacial score (nSPS) is 19.8. The molecule has 0 spiro atoms. The van der Waals surface area contributed by atoms with Gasteiger partial charge < -0.3 is 0 Å². The summed E-state index contributed by atoms with van der Waals surface area (Å²) >= 11 is 0. The van der Waals surface area contributed by atoms with Crippen LogP contribution < -0.4 is 0 Å². The first-order valence-corrected chi connectivity index (χ1v) is 8.56. The van der Waals surface area contributed by atoms with Gasteiger partial charge in [0.05, 0.1) is 0 Å². The van der Waals surface area contributed by atoms with E-state index in [2.05, 4.69) is 4.98 Å². The maximum absolute atomic E-state index is 12.7. The summed E-state index contributed by atoms with van der Waals surface area (Å²) in [5.74, 6) is 0. The lowest BCUT2D eigenvalue weighted by atomic mass is 10.1. The van der Waals surface area contributed by atoms with Crippen molar-refractivity contribution in [3.63, 3.8) is 0 Å². The minimum atomic E-state index is -3.39. The molecule has 1 unspecified atom stereocenters. The minimum absolute atomic E-state index is 0.189. The molecule has 1 aliphatic heterocycles. The number of aromatic nitrogens is 1. The number of rotatable bonds is 4. The van der Waals surface area contributed by atoms with E-state index in [0.29, 0.717) is 13.1 Å². The Morgan fingerprint density at radius 3 is 2.25 bits per heavy atom. The van der Waals surface area contributed by atoms with Gasteiger partial charge in [-0.3, -0.25) is 4.98 Å². The molecule has 2 heterocycles. The zero-order chi connectivity index (χ0) is 14.6. The Balaban J connectivity index is 2.15. The van der Waals surface area contributed by atoms with Gasteiger partial charge in [0, 0.05) is 38.6 Å². The van der Waals surface area contributed by atoms with Crippen LogP contribution in [0.4, 0.5) is 0 Å². The maximum atomic E-state index is 12.7. The average molecular weight is 297 g/mol. The van der Waals surface area contributed by atoms with Gasteiger partial charge >= 0.3 is 0 Å². The Morgan fingerprint density at radius 2 is 1.70 bits per heavy atom. The molecule has 112 valence electrons. The number of hydrogen-bond donors (Lipinski definition) is 0. The third-order valence-electron chi connectivity index (χ3n) is 3.99. The van der Waals surface area contributed by atoms with Crippen LogP contribution in [0.3, 0.4) is 0 Å². The first-order chi connectivity index (χ1) is 9.53. The lowest BCUT2D eigenvalue weighted by molar-refractivity contribution is 0.332. The zero-order valence-electron chi connectivity index (χ0n) is 12.2. The summed E-state index contributed by atoms with van der Waals surface area (Å²) < 4.78 is 28.5. The zero-order valence-corrected chi connectivity index (χ0v) is 13.0. The van der Waals surface area contributed by atoms with Gasteiger partial charge in [-0.05, 0) is 37.5 Å². The van der Waals surface area contributed by atoms with E-state index in [-0.39, 0.29) is 6.04 Å². The van der Waals surface area contributed by atoms with E-state index in [4.69, 9.17) is 0 Å². The molecule has 1 saturated heterocycles. The molecule has 2 rings (SSSR count). The van der Waals surface area contributed by atoms with E-state index in [9.17, 15) is 8.42 Å². The molecule has 1 fully saturated rings. The van der Waals surface area contributed by atoms with E-state index in [0.717, 1.165) is 31.2 Å². The van der Waals surface area contributed by atoms with Crippen LogP contribution in [0, 0.1) is 0 Å². The van der Waals surface area contributed by atoms with E-state index in [1.165, 1.54) is 4.31 Å². The fraction of sp³-hybridized carbons (Fsp3) is 0.643. The highest BCUT2D eigenvalue weighted by atomic mass is 32.2. The van der Waals surface area contributed by atoms with Crippen molar-refractivity contribution in [1.29, 1.82) is 0 Å². The lowest BCUT2D eigenvalue weighted by Crippen LogP contribution is -2.43. The number of pyridine rings is 1. The quantitative estimate of drug-likeness (QED) is 0.856. The SMILES string of the molecule is CC(c1ccncc1)N(C)S(=O)(=O)N1CCCCCC1. The Bertz CT molecular complexity index is 510. The van der Waals surface area contributed by atoms with Crippen LogP contribution in [0.5, 0.6) is 0 Å². The molecule has 0 aliphatic carbocycles. The molecular formula is C14H23N3O2S. The van der Waals surface area contributed by atoms with Gasteiger partial charge in [0.1, 0.15) is 0 Å². The molecule has 20 heavy (non-hydrogen) atoms. The van der Waals surface area contributed by atoms with Crippen molar-refractivity contribution in [1.82, 2.24) is 13.6 Å². The molecular weight excluding hydrogens is 274 g/mol. The summed E-state index contributed by atoms with van der Waals surface area (Å²) in [6.45, 7) is 3.18. The predicted molar refractivity (Wildman–Crippen MR) is 79.4 cm³/mol. The Labute approximate surface area is 121 Å². The van der Waals surface area contributed by atoms with E-state index in [1.54, 1.807) is 23.7 Å². The van der Waals surface area contributed by atoms with Crippen molar-refractivity contribution >= 4 is 10.2 Å². The molecule has 0 radical (unpaired) electrons. The average Bonchev–Trinajstić information content (AvgIpc) is 2.76. The highest BCUT2D eigenvalue weighted by molar-refractivity contribution is 7.86. The van der Waals surface area contributed by atoms with Gasteiger partial charge in [0.15, 0.2) is 0 Å². The molecule has 0 amide bonds. The summed E-state index contributed by atoms with van der Waals surface area (Å²) in [5.41, 5.74) is 0.959. The van der Waals surface area contributed by atoms with Gasteiger partial charge in [-0.1, -0.05) is 12.8 Å². The van der Waals surface area contributed by atoms with Crippen LogP contribution >= 0.6 is 0 Å². The van der Waals surface area contributed by atoms with Crippen molar-refractivity contribution in [2.45, 2.75) is 38.6 Å². The van der Waals surface area contributed by atoms with Gasteiger partial charge in [0.25, 0.3) is 10.2 Å². The van der Waals surface area contributed by atoms with Crippen molar-refractivity contribution in [3.05, 3.63) is 30.1 Å². The Hall–Kier alpha value is -0.980. The third kappa shape index (κ3) is 3.37. The van der Waals surface area contributed by atoms with Crippen LogP contribution in [0.15, 0.2) is 24.5 Å². The molecule has 0 saturated carbocycles. The maximum Gasteiger partial charge on any atom is 0.282 e. The molecule has 5 nitrogen and oxygen atoms in total. The standard InChI is InChI=1S/C14H23N3O2S/c1-13(14-7-9-15-10-8-14)16(2)20(18,19)17-11-5-3-4-6-12-17/h7-10,13H,3-6,11-12H2,1-2H3. The van der Waals surface area contributed by atoms with Crippen LogP contribution in [0.1, 0.15) is 44.2 Å². The van der Waals surface area contributed by atoms with Crippen LogP contribution in [0.25, 0.3) is 0 Å². The number of nitrogens with zero attached hydrogens (tertiary/aromatic N) is 3. The van der Waals surface area contributed by atoms with Crippen molar-refractivity contribution in [2.75, 3.05) is 20.1 Å². The van der Waals surface area contributed by atoms with Crippen molar-refractivity contribution in [3.8, 4) is 0 Å². The second-order valence-corrected chi connectivity index (χ2v) is 7.28. The van der Waals surface area contributed by atoms with Gasteiger partial charge in [-0.15, -0.1) is 0 Å². The molecule has 1 aliphatic rings. The second kappa shape index (κ2) is 6.65. The van der Waals surface area contributed by atoms with E-state index >= 15 is 0 Å². The first-order valence-electron chi connectivity index (χ1n) is 7.16.